The van der Waals surface area contributed by atoms with E-state index >= 15 is 0 Å². The molecule has 0 N–H and O–H groups in total. The molecule has 0 fully saturated rings. The number of aldehydes is 1. The summed E-state index contributed by atoms with van der Waals surface area (Å²) in [5, 5.41) is 0. The van der Waals surface area contributed by atoms with Gasteiger partial charge in [-0.1, -0.05) is 18.2 Å². The predicted molar refractivity (Wildman–Crippen MR) is 85.6 cm³/mol. The quantitative estimate of drug-likeness (QED) is 0.567. The molecular weight excluding hydrogens is 284 g/mol. The Hall–Kier alpha value is -1.94. The van der Waals surface area contributed by atoms with Crippen LogP contribution >= 0.6 is 11.8 Å². The van der Waals surface area contributed by atoms with Crippen LogP contribution in [0.2, 0.25) is 0 Å². The lowest BCUT2D eigenvalue weighted by Crippen LogP contribution is -2.00. The molecule has 0 heterocycles. The Kier molecular flexibility index (Phi) is 5.69. The van der Waals surface area contributed by atoms with Crippen LogP contribution in [0.15, 0.2) is 47.4 Å². The first-order valence-electron chi connectivity index (χ1n) is 6.75. The van der Waals surface area contributed by atoms with E-state index < -0.39 is 0 Å². The standard InChI is InChI=1S/C17H18O3S/c1-3-20-16-10-13(11-18)9-14(17(16)19-2)12-21-15-7-5-4-6-8-15/h4-11H,3,12H2,1-2H3. The van der Waals surface area contributed by atoms with Crippen molar-refractivity contribution in [2.75, 3.05) is 13.7 Å². The number of carbonyl (C=O) groups is 1. The van der Waals surface area contributed by atoms with Crippen molar-refractivity contribution in [1.82, 2.24) is 0 Å². The second-order valence-electron chi connectivity index (χ2n) is 4.36. The minimum absolute atomic E-state index is 0.532. The SMILES string of the molecule is CCOc1cc(C=O)cc(CSc2ccccc2)c1OC. The fraction of sp³-hybridized carbons (Fsp3) is 0.235. The molecular formula is C17H18O3S. The Morgan fingerprint density at radius 3 is 2.57 bits per heavy atom. The second kappa shape index (κ2) is 7.74. The summed E-state index contributed by atoms with van der Waals surface area (Å²) in [5.74, 6) is 2.04. The first kappa shape index (κ1) is 15.4. The van der Waals surface area contributed by atoms with Gasteiger partial charge in [-0.05, 0) is 31.2 Å². The minimum atomic E-state index is 0.532. The molecule has 2 aromatic carbocycles. The van der Waals surface area contributed by atoms with Gasteiger partial charge in [0.15, 0.2) is 11.5 Å². The van der Waals surface area contributed by atoms with E-state index in [1.807, 2.05) is 31.2 Å². The molecule has 4 heteroatoms. The highest BCUT2D eigenvalue weighted by Gasteiger charge is 2.13. The number of benzene rings is 2. The van der Waals surface area contributed by atoms with Crippen LogP contribution in [0.3, 0.4) is 0 Å². The van der Waals surface area contributed by atoms with Crippen LogP contribution in [0, 0.1) is 0 Å². The van der Waals surface area contributed by atoms with Crippen molar-refractivity contribution in [3.63, 3.8) is 0 Å². The van der Waals surface area contributed by atoms with Gasteiger partial charge in [-0.3, -0.25) is 4.79 Å². The lowest BCUT2D eigenvalue weighted by atomic mass is 10.1. The summed E-state index contributed by atoms with van der Waals surface area (Å²) in [7, 11) is 1.62. The van der Waals surface area contributed by atoms with E-state index in [9.17, 15) is 4.79 Å². The minimum Gasteiger partial charge on any atom is -0.493 e. The first-order chi connectivity index (χ1) is 10.3. The molecule has 0 amide bonds. The van der Waals surface area contributed by atoms with Crippen molar-refractivity contribution in [2.45, 2.75) is 17.6 Å². The summed E-state index contributed by atoms with van der Waals surface area (Å²) < 4.78 is 11.0. The second-order valence-corrected chi connectivity index (χ2v) is 5.41. The summed E-state index contributed by atoms with van der Waals surface area (Å²) in [6.45, 7) is 2.44. The largest absolute Gasteiger partial charge is 0.493 e. The van der Waals surface area contributed by atoms with Crippen molar-refractivity contribution in [3.8, 4) is 11.5 Å². The lowest BCUT2D eigenvalue weighted by Gasteiger charge is -2.14. The Morgan fingerprint density at radius 2 is 1.95 bits per heavy atom. The fourth-order valence-corrected chi connectivity index (χ4v) is 2.92. The van der Waals surface area contributed by atoms with Gasteiger partial charge < -0.3 is 9.47 Å². The molecule has 0 radical (unpaired) electrons. The monoisotopic (exact) mass is 302 g/mol. The third kappa shape index (κ3) is 4.02. The number of hydrogen-bond donors (Lipinski definition) is 0. The number of ether oxygens (including phenoxy) is 2. The molecule has 0 saturated heterocycles. The molecule has 2 rings (SSSR count). The van der Waals surface area contributed by atoms with Crippen molar-refractivity contribution >= 4 is 18.0 Å². The molecule has 110 valence electrons. The molecule has 0 aromatic heterocycles. The Labute approximate surface area is 129 Å². The van der Waals surface area contributed by atoms with E-state index in [2.05, 4.69) is 12.1 Å². The van der Waals surface area contributed by atoms with Crippen molar-refractivity contribution < 1.29 is 14.3 Å². The van der Waals surface area contributed by atoms with Crippen LogP contribution in [0.25, 0.3) is 0 Å². The molecule has 21 heavy (non-hydrogen) atoms. The first-order valence-corrected chi connectivity index (χ1v) is 7.73. The highest BCUT2D eigenvalue weighted by molar-refractivity contribution is 7.98. The Bertz CT molecular complexity index is 596. The Balaban J connectivity index is 2.27. The maximum atomic E-state index is 11.1. The fourth-order valence-electron chi connectivity index (χ4n) is 2.03. The van der Waals surface area contributed by atoms with Crippen LogP contribution in [-0.4, -0.2) is 20.0 Å². The van der Waals surface area contributed by atoms with Crippen LogP contribution in [0.5, 0.6) is 11.5 Å². The topological polar surface area (TPSA) is 35.5 Å². The van der Waals surface area contributed by atoms with Gasteiger partial charge in [-0.2, -0.15) is 0 Å². The van der Waals surface area contributed by atoms with E-state index in [4.69, 9.17) is 9.47 Å². The van der Waals surface area contributed by atoms with Gasteiger partial charge >= 0.3 is 0 Å². The summed E-state index contributed by atoms with van der Waals surface area (Å²) in [4.78, 5) is 12.3. The molecule has 0 aliphatic carbocycles. The van der Waals surface area contributed by atoms with E-state index in [1.165, 1.54) is 4.90 Å². The average molecular weight is 302 g/mol. The average Bonchev–Trinajstić information content (AvgIpc) is 2.53. The smallest absolute Gasteiger partial charge is 0.164 e. The summed E-state index contributed by atoms with van der Waals surface area (Å²) in [6, 6.07) is 13.7. The highest BCUT2D eigenvalue weighted by atomic mass is 32.2. The summed E-state index contributed by atoms with van der Waals surface area (Å²) >= 11 is 1.70. The van der Waals surface area contributed by atoms with Gasteiger partial charge in [-0.25, -0.2) is 0 Å². The van der Waals surface area contributed by atoms with Gasteiger partial charge in [-0.15, -0.1) is 11.8 Å². The summed E-state index contributed by atoms with van der Waals surface area (Å²) in [5.41, 5.74) is 1.56. The van der Waals surface area contributed by atoms with E-state index in [0.717, 1.165) is 17.6 Å². The molecule has 0 saturated carbocycles. The maximum Gasteiger partial charge on any atom is 0.164 e. The third-order valence-corrected chi connectivity index (χ3v) is 3.99. The van der Waals surface area contributed by atoms with Gasteiger partial charge in [0.2, 0.25) is 0 Å². The molecule has 0 aliphatic rings. The highest BCUT2D eigenvalue weighted by Crippen LogP contribution is 2.36. The van der Waals surface area contributed by atoms with Crippen LogP contribution < -0.4 is 9.47 Å². The zero-order valence-corrected chi connectivity index (χ0v) is 13.0. The van der Waals surface area contributed by atoms with Crippen molar-refractivity contribution in [2.24, 2.45) is 0 Å². The summed E-state index contributed by atoms with van der Waals surface area (Å²) in [6.07, 6.45) is 0.832. The van der Waals surface area contributed by atoms with Crippen molar-refractivity contribution in [3.05, 3.63) is 53.6 Å². The van der Waals surface area contributed by atoms with E-state index in [-0.39, 0.29) is 0 Å². The van der Waals surface area contributed by atoms with Gasteiger partial charge in [0.25, 0.3) is 0 Å². The van der Waals surface area contributed by atoms with E-state index in [1.54, 1.807) is 24.9 Å². The number of carbonyl (C=O) groups excluding carboxylic acids is 1. The predicted octanol–water partition coefficient (Wildman–Crippen LogP) is 4.20. The van der Waals surface area contributed by atoms with Gasteiger partial charge in [0.05, 0.1) is 13.7 Å². The Morgan fingerprint density at radius 1 is 1.19 bits per heavy atom. The third-order valence-electron chi connectivity index (χ3n) is 2.93. The zero-order chi connectivity index (χ0) is 15.1. The van der Waals surface area contributed by atoms with Crippen LogP contribution in [-0.2, 0) is 5.75 Å². The van der Waals surface area contributed by atoms with Crippen LogP contribution in [0.1, 0.15) is 22.8 Å². The number of hydrogen-bond acceptors (Lipinski definition) is 4. The van der Waals surface area contributed by atoms with Gasteiger partial charge in [0.1, 0.15) is 6.29 Å². The number of methoxy groups -OCH3 is 1. The van der Waals surface area contributed by atoms with Gasteiger partial charge in [0, 0.05) is 21.8 Å². The maximum absolute atomic E-state index is 11.1. The number of rotatable bonds is 7. The molecule has 0 bridgehead atoms. The molecule has 3 nitrogen and oxygen atoms in total. The van der Waals surface area contributed by atoms with E-state index in [0.29, 0.717) is 23.7 Å². The molecule has 0 aliphatic heterocycles. The zero-order valence-electron chi connectivity index (χ0n) is 12.2. The van der Waals surface area contributed by atoms with Crippen molar-refractivity contribution in [1.29, 1.82) is 0 Å². The van der Waals surface area contributed by atoms with Crippen LogP contribution in [0.4, 0.5) is 0 Å². The number of thioether (sulfide) groups is 1. The molecule has 0 atom stereocenters. The normalized spacial score (nSPS) is 10.2. The molecule has 0 unspecified atom stereocenters. The lowest BCUT2D eigenvalue weighted by molar-refractivity contribution is 0.112. The molecule has 0 spiro atoms. The molecule has 2 aromatic rings.